The Kier molecular flexibility index (Phi) is 6.46. The standard InChI is InChI=1S/C29H31N3OS/c1-4-32-26(20(2)3)24-18-22-14-8-9-15-23(22)19-25(24)30-29(32)34-27(21-12-6-5-7-13-21)28(33)31-16-10-11-17-31/h5-9,12-15,18-19,27H,4,10-11,16-17H2,1-3H3. The summed E-state index contributed by atoms with van der Waals surface area (Å²) in [7, 11) is 0. The lowest BCUT2D eigenvalue weighted by atomic mass is 9.99. The number of amidine groups is 1. The van der Waals surface area contributed by atoms with Gasteiger partial charge in [-0.2, -0.15) is 0 Å². The van der Waals surface area contributed by atoms with E-state index in [1.165, 1.54) is 22.0 Å². The Labute approximate surface area is 206 Å². The number of likely N-dealkylation sites (tertiary alicyclic amines) is 1. The molecule has 3 aromatic carbocycles. The number of allylic oxidation sites excluding steroid dienone is 1. The van der Waals surface area contributed by atoms with Gasteiger partial charge in [0.25, 0.3) is 0 Å². The third-order valence-electron chi connectivity index (χ3n) is 6.59. The third-order valence-corrected chi connectivity index (χ3v) is 7.83. The number of amides is 1. The van der Waals surface area contributed by atoms with Gasteiger partial charge < -0.3 is 9.80 Å². The van der Waals surface area contributed by atoms with Crippen LogP contribution in [-0.4, -0.2) is 40.5 Å². The summed E-state index contributed by atoms with van der Waals surface area (Å²) in [6.07, 6.45) is 2.17. The van der Waals surface area contributed by atoms with Crippen molar-refractivity contribution in [3.63, 3.8) is 0 Å². The van der Waals surface area contributed by atoms with Gasteiger partial charge in [0.2, 0.25) is 5.91 Å². The number of nitrogens with zero attached hydrogens (tertiary/aromatic N) is 3. The lowest BCUT2D eigenvalue weighted by Gasteiger charge is -2.35. The van der Waals surface area contributed by atoms with E-state index in [1.807, 2.05) is 23.1 Å². The number of rotatable bonds is 4. The summed E-state index contributed by atoms with van der Waals surface area (Å²) in [4.78, 5) is 23.1. The largest absolute Gasteiger partial charge is 0.341 e. The summed E-state index contributed by atoms with van der Waals surface area (Å²) in [5, 5.41) is 2.98. The van der Waals surface area contributed by atoms with Crippen molar-refractivity contribution in [2.75, 3.05) is 19.6 Å². The molecule has 0 saturated carbocycles. The number of fused-ring (bicyclic) bond motifs is 2. The lowest BCUT2D eigenvalue weighted by Crippen LogP contribution is -2.35. The molecule has 0 bridgehead atoms. The second-order valence-corrected chi connectivity index (χ2v) is 10.2. The minimum absolute atomic E-state index is 0.190. The number of thioether (sulfide) groups is 1. The Balaban J connectivity index is 1.61. The van der Waals surface area contributed by atoms with Crippen LogP contribution in [0.4, 0.5) is 5.69 Å². The molecule has 4 nitrogen and oxygen atoms in total. The molecule has 1 fully saturated rings. The van der Waals surface area contributed by atoms with Crippen molar-refractivity contribution in [1.29, 1.82) is 0 Å². The molecule has 0 radical (unpaired) electrons. The van der Waals surface area contributed by atoms with Crippen molar-refractivity contribution >= 4 is 45.0 Å². The van der Waals surface area contributed by atoms with Crippen molar-refractivity contribution < 1.29 is 4.79 Å². The molecule has 1 atom stereocenters. The third kappa shape index (κ3) is 4.25. The zero-order valence-corrected chi connectivity index (χ0v) is 20.9. The van der Waals surface area contributed by atoms with Crippen LogP contribution in [0.3, 0.4) is 0 Å². The first-order valence-corrected chi connectivity index (χ1v) is 13.0. The van der Waals surface area contributed by atoms with Gasteiger partial charge in [-0.05, 0) is 62.1 Å². The first-order valence-electron chi connectivity index (χ1n) is 12.1. The monoisotopic (exact) mass is 469 g/mol. The van der Waals surface area contributed by atoms with E-state index in [4.69, 9.17) is 4.99 Å². The van der Waals surface area contributed by atoms with Crippen LogP contribution in [0.15, 0.2) is 77.3 Å². The van der Waals surface area contributed by atoms with Gasteiger partial charge in [0.1, 0.15) is 5.25 Å². The quantitative estimate of drug-likeness (QED) is 0.412. The predicted molar refractivity (Wildman–Crippen MR) is 144 cm³/mol. The molecule has 2 heterocycles. The molecule has 1 amide bonds. The second kappa shape index (κ2) is 9.67. The van der Waals surface area contributed by atoms with E-state index < -0.39 is 0 Å². The van der Waals surface area contributed by atoms with Crippen LogP contribution in [0.5, 0.6) is 0 Å². The molecule has 174 valence electrons. The number of carbonyl (C=O) groups is 1. The summed E-state index contributed by atoms with van der Waals surface area (Å²) < 4.78 is 0. The maximum Gasteiger partial charge on any atom is 0.240 e. The molecule has 3 aromatic rings. The number of carbonyl (C=O) groups excluding carboxylic acids is 1. The first-order chi connectivity index (χ1) is 16.6. The van der Waals surface area contributed by atoms with Gasteiger partial charge in [0.15, 0.2) is 5.17 Å². The molecule has 1 unspecified atom stereocenters. The van der Waals surface area contributed by atoms with Crippen LogP contribution in [0.2, 0.25) is 0 Å². The average Bonchev–Trinajstić information content (AvgIpc) is 3.40. The first kappa shape index (κ1) is 22.7. The van der Waals surface area contributed by atoms with Crippen molar-refractivity contribution in [1.82, 2.24) is 9.80 Å². The molecule has 5 heteroatoms. The Morgan fingerprint density at radius 1 is 0.971 bits per heavy atom. The Morgan fingerprint density at radius 2 is 1.62 bits per heavy atom. The van der Waals surface area contributed by atoms with Gasteiger partial charge in [-0.3, -0.25) is 4.79 Å². The maximum atomic E-state index is 13.7. The lowest BCUT2D eigenvalue weighted by molar-refractivity contribution is -0.129. The molecule has 5 rings (SSSR count). The van der Waals surface area contributed by atoms with E-state index in [2.05, 4.69) is 74.2 Å². The molecule has 0 spiro atoms. The Morgan fingerprint density at radius 3 is 2.26 bits per heavy atom. The van der Waals surface area contributed by atoms with Crippen molar-refractivity contribution in [2.24, 2.45) is 4.99 Å². The fourth-order valence-electron chi connectivity index (χ4n) is 4.94. The molecular weight excluding hydrogens is 438 g/mol. The molecule has 1 saturated heterocycles. The van der Waals surface area contributed by atoms with E-state index in [9.17, 15) is 4.79 Å². The summed E-state index contributed by atoms with van der Waals surface area (Å²) >= 11 is 1.59. The highest BCUT2D eigenvalue weighted by atomic mass is 32.2. The van der Waals surface area contributed by atoms with Gasteiger partial charge in [-0.25, -0.2) is 4.99 Å². The minimum atomic E-state index is -0.312. The summed E-state index contributed by atoms with van der Waals surface area (Å²) in [6, 6.07) is 23.0. The van der Waals surface area contributed by atoms with Gasteiger partial charge in [0.05, 0.1) is 11.4 Å². The fraction of sp³-hybridized carbons (Fsp3) is 0.310. The van der Waals surface area contributed by atoms with E-state index in [-0.39, 0.29) is 11.2 Å². The number of hydrogen-bond donors (Lipinski definition) is 0. The second-order valence-electron chi connectivity index (χ2n) is 9.14. The van der Waals surface area contributed by atoms with Crippen molar-refractivity contribution in [3.8, 4) is 0 Å². The molecule has 2 aliphatic rings. The molecule has 2 aliphatic heterocycles. The fourth-order valence-corrected chi connectivity index (χ4v) is 6.19. The van der Waals surface area contributed by atoms with Crippen LogP contribution in [0.25, 0.3) is 16.5 Å². The van der Waals surface area contributed by atoms with Crippen LogP contribution < -0.4 is 0 Å². The van der Waals surface area contributed by atoms with E-state index >= 15 is 0 Å². The SMILES string of the molecule is CCN1C(SC(C(=O)N2CCCC2)c2ccccc2)=Nc2cc3ccccc3cc2C1=C(C)C. The van der Waals surface area contributed by atoms with E-state index in [0.29, 0.717) is 0 Å². The molecule has 0 aliphatic carbocycles. The summed E-state index contributed by atoms with van der Waals surface area (Å²) in [5.41, 5.74) is 5.61. The summed E-state index contributed by atoms with van der Waals surface area (Å²) in [5.74, 6) is 0.190. The zero-order valence-electron chi connectivity index (χ0n) is 20.1. The molecule has 0 aromatic heterocycles. The smallest absolute Gasteiger partial charge is 0.240 e. The number of benzene rings is 3. The Hall–Kier alpha value is -3.05. The van der Waals surface area contributed by atoms with Crippen molar-refractivity contribution in [3.05, 3.63) is 83.4 Å². The van der Waals surface area contributed by atoms with Gasteiger partial charge in [-0.1, -0.05) is 71.9 Å². The molecule has 34 heavy (non-hydrogen) atoms. The van der Waals surface area contributed by atoms with Crippen LogP contribution in [-0.2, 0) is 4.79 Å². The zero-order chi connectivity index (χ0) is 23.7. The van der Waals surface area contributed by atoms with Gasteiger partial charge >= 0.3 is 0 Å². The highest BCUT2D eigenvalue weighted by molar-refractivity contribution is 8.14. The summed E-state index contributed by atoms with van der Waals surface area (Å²) in [6.45, 7) is 8.97. The predicted octanol–water partition coefficient (Wildman–Crippen LogP) is 7.01. The number of aliphatic imine (C=N–C) groups is 1. The van der Waals surface area contributed by atoms with Crippen molar-refractivity contribution in [2.45, 2.75) is 38.9 Å². The average molecular weight is 470 g/mol. The highest BCUT2D eigenvalue weighted by Crippen LogP contribution is 2.43. The van der Waals surface area contributed by atoms with E-state index in [0.717, 1.165) is 54.5 Å². The highest BCUT2D eigenvalue weighted by Gasteiger charge is 2.33. The normalized spacial score (nSPS) is 16.4. The van der Waals surface area contributed by atoms with Gasteiger partial charge in [-0.15, -0.1) is 0 Å². The van der Waals surface area contributed by atoms with Crippen LogP contribution in [0, 0.1) is 0 Å². The molecule has 0 N–H and O–H groups in total. The van der Waals surface area contributed by atoms with E-state index in [1.54, 1.807) is 11.8 Å². The topological polar surface area (TPSA) is 35.9 Å². The van der Waals surface area contributed by atoms with Crippen LogP contribution in [0.1, 0.15) is 50.0 Å². The maximum absolute atomic E-state index is 13.7. The van der Waals surface area contributed by atoms with Crippen LogP contribution >= 0.6 is 11.8 Å². The Bertz CT molecular complexity index is 1270. The minimum Gasteiger partial charge on any atom is -0.341 e. The molecular formula is C29H31N3OS. The number of hydrogen-bond acceptors (Lipinski definition) is 4. The van der Waals surface area contributed by atoms with Gasteiger partial charge in [0, 0.05) is 25.2 Å².